The molecule has 0 saturated carbocycles. The third-order valence-electron chi connectivity index (χ3n) is 6.59. The van der Waals surface area contributed by atoms with E-state index in [1.54, 1.807) is 12.0 Å². The molecular formula is C26H36N4O4. The van der Waals surface area contributed by atoms with Crippen molar-refractivity contribution >= 4 is 28.6 Å². The van der Waals surface area contributed by atoms with Gasteiger partial charge in [0.1, 0.15) is 17.8 Å². The van der Waals surface area contributed by atoms with Gasteiger partial charge in [0.05, 0.1) is 13.2 Å². The van der Waals surface area contributed by atoms with Gasteiger partial charge in [-0.05, 0) is 57.2 Å². The van der Waals surface area contributed by atoms with E-state index < -0.39 is 12.1 Å². The molecule has 1 aromatic heterocycles. The molecule has 3 heterocycles. The zero-order chi connectivity index (χ0) is 24.8. The lowest BCUT2D eigenvalue weighted by Gasteiger charge is -2.46. The third-order valence-corrected chi connectivity index (χ3v) is 6.59. The standard InChI is InChI=1S/C26H36N4O4/c1-14(2)11-20-23-17(16-8-7-15(34-6)12-19(16)27-23)13-21-24(32)28-18(25(33)30(20)21)9-10-22(31)29-26(3,4)5/h7-8,12,14,18,20-21,27H,9-11,13H2,1-6H3,(H,28,32)(H,29,31)/t18-,20-,21-/m0/s1. The van der Waals surface area contributed by atoms with Gasteiger partial charge in [0.15, 0.2) is 0 Å². The Morgan fingerprint density at radius 2 is 2.00 bits per heavy atom. The van der Waals surface area contributed by atoms with E-state index in [2.05, 4.69) is 29.5 Å². The maximum atomic E-state index is 13.7. The molecule has 0 aliphatic carbocycles. The van der Waals surface area contributed by atoms with Gasteiger partial charge in [-0.25, -0.2) is 0 Å². The van der Waals surface area contributed by atoms with E-state index >= 15 is 0 Å². The Bertz CT molecular complexity index is 1110. The molecule has 8 heteroatoms. The van der Waals surface area contributed by atoms with Crippen molar-refractivity contribution in [3.05, 3.63) is 29.5 Å². The van der Waals surface area contributed by atoms with Crippen molar-refractivity contribution in [2.24, 2.45) is 5.92 Å². The molecular weight excluding hydrogens is 432 g/mol. The minimum absolute atomic E-state index is 0.110. The van der Waals surface area contributed by atoms with Gasteiger partial charge in [-0.1, -0.05) is 13.8 Å². The van der Waals surface area contributed by atoms with Crippen molar-refractivity contribution in [3.63, 3.8) is 0 Å². The molecule has 34 heavy (non-hydrogen) atoms. The van der Waals surface area contributed by atoms with Gasteiger partial charge in [0.2, 0.25) is 17.7 Å². The van der Waals surface area contributed by atoms with Crippen LogP contribution in [0.25, 0.3) is 10.9 Å². The average Bonchev–Trinajstić information content (AvgIpc) is 3.11. The first-order chi connectivity index (χ1) is 16.0. The Hall–Kier alpha value is -3.03. The van der Waals surface area contributed by atoms with E-state index in [4.69, 9.17) is 4.74 Å². The number of hydrogen-bond donors (Lipinski definition) is 3. The smallest absolute Gasteiger partial charge is 0.246 e. The summed E-state index contributed by atoms with van der Waals surface area (Å²) in [5, 5.41) is 6.89. The molecule has 0 unspecified atom stereocenters. The number of rotatable bonds is 6. The van der Waals surface area contributed by atoms with E-state index in [1.807, 2.05) is 39.0 Å². The lowest BCUT2D eigenvalue weighted by Crippen LogP contribution is -2.66. The van der Waals surface area contributed by atoms with Crippen LogP contribution >= 0.6 is 0 Å². The molecule has 2 aliphatic rings. The number of fused-ring (bicyclic) bond motifs is 4. The summed E-state index contributed by atoms with van der Waals surface area (Å²) in [6.07, 6.45) is 1.66. The van der Waals surface area contributed by atoms with Crippen molar-refractivity contribution in [2.45, 2.75) is 84.0 Å². The lowest BCUT2D eigenvalue weighted by molar-refractivity contribution is -0.154. The molecule has 2 aliphatic heterocycles. The lowest BCUT2D eigenvalue weighted by atomic mass is 9.85. The van der Waals surface area contributed by atoms with Gasteiger partial charge in [0, 0.05) is 41.0 Å². The number of aromatic amines is 1. The molecule has 4 rings (SSSR count). The molecule has 1 aromatic carbocycles. The molecule has 0 spiro atoms. The largest absolute Gasteiger partial charge is 0.497 e. The van der Waals surface area contributed by atoms with Gasteiger partial charge in [-0.3, -0.25) is 14.4 Å². The Balaban J connectivity index is 1.65. The second kappa shape index (κ2) is 8.96. The fourth-order valence-corrected chi connectivity index (χ4v) is 5.20. The predicted octanol–water partition coefficient (Wildman–Crippen LogP) is 3.21. The van der Waals surface area contributed by atoms with Crippen LogP contribution in [0.2, 0.25) is 0 Å². The molecule has 0 radical (unpaired) electrons. The van der Waals surface area contributed by atoms with Gasteiger partial charge in [0.25, 0.3) is 0 Å². The minimum Gasteiger partial charge on any atom is -0.497 e. The van der Waals surface area contributed by atoms with E-state index in [9.17, 15) is 14.4 Å². The van der Waals surface area contributed by atoms with Crippen molar-refractivity contribution < 1.29 is 19.1 Å². The Kier molecular flexibility index (Phi) is 6.36. The molecule has 3 N–H and O–H groups in total. The van der Waals surface area contributed by atoms with Crippen LogP contribution in [0.1, 0.15) is 71.2 Å². The van der Waals surface area contributed by atoms with Crippen LogP contribution in [0.3, 0.4) is 0 Å². The fourth-order valence-electron chi connectivity index (χ4n) is 5.20. The summed E-state index contributed by atoms with van der Waals surface area (Å²) in [6, 6.07) is 4.42. The second-order valence-electron chi connectivity index (χ2n) is 10.9. The van der Waals surface area contributed by atoms with Gasteiger partial charge in [-0.2, -0.15) is 0 Å². The van der Waals surface area contributed by atoms with Crippen molar-refractivity contribution in [3.8, 4) is 5.75 Å². The van der Waals surface area contributed by atoms with Crippen molar-refractivity contribution in [1.29, 1.82) is 0 Å². The molecule has 3 atom stereocenters. The molecule has 1 fully saturated rings. The minimum atomic E-state index is -0.699. The fraction of sp³-hybridized carbons (Fsp3) is 0.577. The molecule has 1 saturated heterocycles. The maximum absolute atomic E-state index is 13.7. The summed E-state index contributed by atoms with van der Waals surface area (Å²) in [5.74, 6) is 0.697. The Labute approximate surface area is 200 Å². The highest BCUT2D eigenvalue weighted by Crippen LogP contribution is 2.42. The summed E-state index contributed by atoms with van der Waals surface area (Å²) in [5.41, 5.74) is 2.70. The number of nitrogens with one attached hydrogen (secondary N) is 3. The second-order valence-corrected chi connectivity index (χ2v) is 10.9. The average molecular weight is 469 g/mol. The highest BCUT2D eigenvalue weighted by atomic mass is 16.5. The number of hydrogen-bond acceptors (Lipinski definition) is 4. The van der Waals surface area contributed by atoms with Crippen molar-refractivity contribution in [2.75, 3.05) is 7.11 Å². The number of H-pyrrole nitrogens is 1. The normalized spacial score (nSPS) is 22.4. The van der Waals surface area contributed by atoms with Crippen LogP contribution in [0.15, 0.2) is 18.2 Å². The number of carbonyl (C=O) groups is 3. The van der Waals surface area contributed by atoms with E-state index in [0.29, 0.717) is 12.3 Å². The van der Waals surface area contributed by atoms with Gasteiger partial charge in [-0.15, -0.1) is 0 Å². The number of nitrogens with zero attached hydrogens (tertiary/aromatic N) is 1. The molecule has 0 bridgehead atoms. The summed E-state index contributed by atoms with van der Waals surface area (Å²) < 4.78 is 5.38. The number of benzene rings is 1. The van der Waals surface area contributed by atoms with Crippen LogP contribution in [-0.2, 0) is 20.8 Å². The molecule has 2 aromatic rings. The number of amides is 3. The highest BCUT2D eigenvalue weighted by molar-refractivity contribution is 5.99. The van der Waals surface area contributed by atoms with Crippen LogP contribution in [0, 0.1) is 5.92 Å². The van der Waals surface area contributed by atoms with Crippen molar-refractivity contribution in [1.82, 2.24) is 20.5 Å². The third kappa shape index (κ3) is 4.63. The van der Waals surface area contributed by atoms with E-state index in [0.717, 1.165) is 34.3 Å². The van der Waals surface area contributed by atoms with E-state index in [1.165, 1.54) is 0 Å². The monoisotopic (exact) mass is 468 g/mol. The highest BCUT2D eigenvalue weighted by Gasteiger charge is 2.48. The summed E-state index contributed by atoms with van der Waals surface area (Å²) in [7, 11) is 1.64. The van der Waals surface area contributed by atoms with Crippen LogP contribution < -0.4 is 15.4 Å². The predicted molar refractivity (Wildman–Crippen MR) is 130 cm³/mol. The summed E-state index contributed by atoms with van der Waals surface area (Å²) in [4.78, 5) is 44.5. The number of methoxy groups -OCH3 is 1. The topological polar surface area (TPSA) is 104 Å². The van der Waals surface area contributed by atoms with Gasteiger partial charge < -0.3 is 25.3 Å². The SMILES string of the molecule is COc1ccc2c3c([nH]c2c1)[C@H](CC(C)C)N1C(=O)[C@H](CCC(=O)NC(C)(C)C)NC(=O)[C@@H]1C3. The van der Waals surface area contributed by atoms with Crippen LogP contribution in [0.5, 0.6) is 5.75 Å². The van der Waals surface area contributed by atoms with Crippen LogP contribution in [-0.4, -0.2) is 52.3 Å². The zero-order valence-electron chi connectivity index (χ0n) is 21.0. The first kappa shape index (κ1) is 24.1. The summed E-state index contributed by atoms with van der Waals surface area (Å²) in [6.45, 7) is 10.00. The number of carbonyl (C=O) groups excluding carboxylic acids is 3. The number of aromatic nitrogens is 1. The summed E-state index contributed by atoms with van der Waals surface area (Å²) >= 11 is 0. The van der Waals surface area contributed by atoms with Gasteiger partial charge >= 0.3 is 0 Å². The Morgan fingerprint density at radius 3 is 2.65 bits per heavy atom. The number of piperazine rings is 1. The first-order valence-corrected chi connectivity index (χ1v) is 12.1. The maximum Gasteiger partial charge on any atom is 0.246 e. The van der Waals surface area contributed by atoms with Crippen LogP contribution in [0.4, 0.5) is 0 Å². The number of ether oxygens (including phenoxy) is 1. The molecule has 8 nitrogen and oxygen atoms in total. The first-order valence-electron chi connectivity index (χ1n) is 12.1. The zero-order valence-corrected chi connectivity index (χ0v) is 21.0. The van der Waals surface area contributed by atoms with E-state index in [-0.39, 0.29) is 42.1 Å². The quantitative estimate of drug-likeness (QED) is 0.606. The molecule has 184 valence electrons. The Morgan fingerprint density at radius 1 is 1.26 bits per heavy atom. The molecule has 3 amide bonds.